The zero-order chi connectivity index (χ0) is 14.6. The van der Waals surface area contributed by atoms with Crippen molar-refractivity contribution in [3.8, 4) is 0 Å². The number of nitro benzene ring substituents is 1. The third-order valence-electron chi connectivity index (χ3n) is 2.57. The van der Waals surface area contributed by atoms with Crippen LogP contribution in [0.3, 0.4) is 0 Å². The van der Waals surface area contributed by atoms with Gasteiger partial charge in [-0.05, 0) is 32.4 Å². The molecule has 0 aliphatic rings. The summed E-state index contributed by atoms with van der Waals surface area (Å²) < 4.78 is 0. The van der Waals surface area contributed by atoms with Crippen LogP contribution in [-0.4, -0.2) is 28.1 Å². The van der Waals surface area contributed by atoms with E-state index in [0.717, 1.165) is 0 Å². The Balaban J connectivity index is 3.04. The number of aliphatic hydroxyl groups excluding tert-OH is 1. The molecule has 7 nitrogen and oxygen atoms in total. The van der Waals surface area contributed by atoms with E-state index in [2.05, 4.69) is 5.32 Å². The maximum Gasteiger partial charge on any atom is 0.292 e. The van der Waals surface area contributed by atoms with E-state index in [-0.39, 0.29) is 23.0 Å². The van der Waals surface area contributed by atoms with Gasteiger partial charge in [0.2, 0.25) is 5.91 Å². The van der Waals surface area contributed by atoms with Crippen LogP contribution < -0.4 is 11.1 Å². The van der Waals surface area contributed by atoms with Gasteiger partial charge in [0, 0.05) is 17.7 Å². The van der Waals surface area contributed by atoms with E-state index in [0.29, 0.717) is 6.42 Å². The largest absolute Gasteiger partial charge is 0.393 e. The number of rotatable bonds is 6. The molecule has 1 rings (SSSR count). The van der Waals surface area contributed by atoms with Gasteiger partial charge in [0.25, 0.3) is 5.69 Å². The highest BCUT2D eigenvalue weighted by Gasteiger charge is 2.18. The van der Waals surface area contributed by atoms with Crippen molar-refractivity contribution >= 4 is 17.3 Å². The first kappa shape index (κ1) is 14.9. The Kier molecular flexibility index (Phi) is 4.82. The lowest BCUT2D eigenvalue weighted by atomic mass is 10.1. The highest BCUT2D eigenvalue weighted by Crippen LogP contribution is 2.26. The standard InChI is InChI=1S/C12H17N3O4/c1-7(5-8(2)16)14-10-6-9(12(13)17)3-4-11(10)15(18)19/h3-4,6-8,14,16H,5H2,1-2H3,(H2,13,17). The minimum absolute atomic E-state index is 0.137. The second-order valence-corrected chi connectivity index (χ2v) is 4.48. The van der Waals surface area contributed by atoms with Crippen LogP contribution in [0.25, 0.3) is 0 Å². The Morgan fingerprint density at radius 1 is 1.53 bits per heavy atom. The molecule has 0 spiro atoms. The fourth-order valence-electron chi connectivity index (χ4n) is 1.80. The second kappa shape index (κ2) is 6.14. The summed E-state index contributed by atoms with van der Waals surface area (Å²) in [5, 5.41) is 23.1. The summed E-state index contributed by atoms with van der Waals surface area (Å²) >= 11 is 0. The molecule has 104 valence electrons. The van der Waals surface area contributed by atoms with E-state index < -0.39 is 16.9 Å². The zero-order valence-electron chi connectivity index (χ0n) is 10.8. The molecule has 0 fully saturated rings. The predicted octanol–water partition coefficient (Wildman–Crippen LogP) is 1.26. The molecule has 2 unspecified atom stereocenters. The lowest BCUT2D eigenvalue weighted by molar-refractivity contribution is -0.384. The molecule has 0 saturated heterocycles. The number of nitrogens with zero attached hydrogens (tertiary/aromatic N) is 1. The number of nitrogens with two attached hydrogens (primary N) is 1. The third kappa shape index (κ3) is 4.22. The molecule has 19 heavy (non-hydrogen) atoms. The van der Waals surface area contributed by atoms with E-state index in [1.54, 1.807) is 13.8 Å². The van der Waals surface area contributed by atoms with Crippen molar-refractivity contribution < 1.29 is 14.8 Å². The molecule has 0 aromatic heterocycles. The highest BCUT2D eigenvalue weighted by molar-refractivity contribution is 5.94. The molecule has 0 saturated carbocycles. The Labute approximate surface area is 110 Å². The summed E-state index contributed by atoms with van der Waals surface area (Å²) in [6, 6.07) is 3.71. The first-order valence-electron chi connectivity index (χ1n) is 5.84. The van der Waals surface area contributed by atoms with Crippen molar-refractivity contribution in [1.29, 1.82) is 0 Å². The molecule has 7 heteroatoms. The van der Waals surface area contributed by atoms with Gasteiger partial charge in [0.15, 0.2) is 0 Å². The van der Waals surface area contributed by atoms with Gasteiger partial charge in [-0.15, -0.1) is 0 Å². The molecule has 1 aromatic rings. The quantitative estimate of drug-likeness (QED) is 0.529. The van der Waals surface area contributed by atoms with E-state index in [1.165, 1.54) is 18.2 Å². The molecule has 0 radical (unpaired) electrons. The number of aliphatic hydroxyl groups is 1. The van der Waals surface area contributed by atoms with Crippen LogP contribution in [0.2, 0.25) is 0 Å². The van der Waals surface area contributed by atoms with Gasteiger partial charge in [-0.1, -0.05) is 0 Å². The van der Waals surface area contributed by atoms with Gasteiger partial charge in [0.05, 0.1) is 11.0 Å². The highest BCUT2D eigenvalue weighted by atomic mass is 16.6. The fraction of sp³-hybridized carbons (Fsp3) is 0.417. The molecule has 0 aliphatic heterocycles. The number of benzene rings is 1. The number of nitro groups is 1. The molecule has 4 N–H and O–H groups in total. The Bertz CT molecular complexity index is 488. The lowest BCUT2D eigenvalue weighted by Gasteiger charge is -2.17. The number of hydrogen-bond acceptors (Lipinski definition) is 5. The maximum absolute atomic E-state index is 11.1. The zero-order valence-corrected chi connectivity index (χ0v) is 10.8. The van der Waals surface area contributed by atoms with Crippen LogP contribution >= 0.6 is 0 Å². The van der Waals surface area contributed by atoms with E-state index in [4.69, 9.17) is 5.73 Å². The van der Waals surface area contributed by atoms with Crippen molar-refractivity contribution in [1.82, 2.24) is 0 Å². The molecule has 1 amide bonds. The molecule has 0 bridgehead atoms. The van der Waals surface area contributed by atoms with Gasteiger partial charge >= 0.3 is 0 Å². The molecule has 0 aliphatic carbocycles. The second-order valence-electron chi connectivity index (χ2n) is 4.48. The monoisotopic (exact) mass is 267 g/mol. The van der Waals surface area contributed by atoms with Crippen LogP contribution in [0.5, 0.6) is 0 Å². The average molecular weight is 267 g/mol. The summed E-state index contributed by atoms with van der Waals surface area (Å²) in [7, 11) is 0. The number of primary amides is 1. The minimum atomic E-state index is -0.652. The van der Waals surface area contributed by atoms with Gasteiger partial charge < -0.3 is 16.2 Å². The smallest absolute Gasteiger partial charge is 0.292 e. The van der Waals surface area contributed by atoms with Crippen LogP contribution in [0.1, 0.15) is 30.6 Å². The molecular formula is C12H17N3O4. The first-order chi connectivity index (χ1) is 8.81. The molecule has 1 aromatic carbocycles. The Hall–Kier alpha value is -2.15. The van der Waals surface area contributed by atoms with E-state index >= 15 is 0 Å². The Morgan fingerprint density at radius 2 is 2.16 bits per heavy atom. The molecular weight excluding hydrogens is 250 g/mol. The van der Waals surface area contributed by atoms with Gasteiger partial charge in [-0.2, -0.15) is 0 Å². The van der Waals surface area contributed by atoms with Crippen LogP contribution in [0.15, 0.2) is 18.2 Å². The number of nitrogens with one attached hydrogen (secondary N) is 1. The summed E-state index contributed by atoms with van der Waals surface area (Å²) in [5.74, 6) is -0.652. The third-order valence-corrected chi connectivity index (χ3v) is 2.57. The van der Waals surface area contributed by atoms with Crippen molar-refractivity contribution in [3.63, 3.8) is 0 Å². The lowest BCUT2D eigenvalue weighted by Crippen LogP contribution is -2.21. The van der Waals surface area contributed by atoms with E-state index in [9.17, 15) is 20.0 Å². The maximum atomic E-state index is 11.1. The molecule has 2 atom stereocenters. The fourth-order valence-corrected chi connectivity index (χ4v) is 1.80. The number of carbonyl (C=O) groups excluding carboxylic acids is 1. The van der Waals surface area contributed by atoms with E-state index in [1.807, 2.05) is 0 Å². The summed E-state index contributed by atoms with van der Waals surface area (Å²) in [6.45, 7) is 3.42. The van der Waals surface area contributed by atoms with Crippen LogP contribution in [0, 0.1) is 10.1 Å². The SMILES string of the molecule is CC(O)CC(C)Nc1cc(C(N)=O)ccc1[N+](=O)[O-]. The topological polar surface area (TPSA) is 118 Å². The minimum Gasteiger partial charge on any atom is -0.393 e. The van der Waals surface area contributed by atoms with Crippen molar-refractivity contribution in [2.24, 2.45) is 5.73 Å². The Morgan fingerprint density at radius 3 is 2.63 bits per heavy atom. The summed E-state index contributed by atoms with van der Waals surface area (Å²) in [5.41, 5.74) is 5.42. The van der Waals surface area contributed by atoms with Crippen molar-refractivity contribution in [3.05, 3.63) is 33.9 Å². The summed E-state index contributed by atoms with van der Waals surface area (Å²) in [4.78, 5) is 21.4. The van der Waals surface area contributed by atoms with Gasteiger partial charge in [-0.25, -0.2) is 0 Å². The summed E-state index contributed by atoms with van der Waals surface area (Å²) in [6.07, 6.45) is -0.0984. The normalized spacial score (nSPS) is 13.6. The van der Waals surface area contributed by atoms with Crippen LogP contribution in [-0.2, 0) is 0 Å². The average Bonchev–Trinajstić information content (AvgIpc) is 2.26. The number of hydrogen-bond donors (Lipinski definition) is 3. The van der Waals surface area contributed by atoms with Crippen molar-refractivity contribution in [2.45, 2.75) is 32.4 Å². The first-order valence-corrected chi connectivity index (χ1v) is 5.84. The number of anilines is 1. The predicted molar refractivity (Wildman–Crippen MR) is 71.0 cm³/mol. The van der Waals surface area contributed by atoms with Gasteiger partial charge in [0.1, 0.15) is 5.69 Å². The van der Waals surface area contributed by atoms with Gasteiger partial charge in [-0.3, -0.25) is 14.9 Å². The number of amides is 1. The van der Waals surface area contributed by atoms with Crippen LogP contribution in [0.4, 0.5) is 11.4 Å². The number of carbonyl (C=O) groups is 1. The van der Waals surface area contributed by atoms with Crippen molar-refractivity contribution in [2.75, 3.05) is 5.32 Å². The molecule has 0 heterocycles.